The fraction of sp³-hybridized carbons (Fsp3) is 0. The fourth-order valence-corrected chi connectivity index (χ4v) is 0.702. The van der Waals surface area contributed by atoms with Crippen molar-refractivity contribution in [2.45, 2.75) is 0 Å². The van der Waals surface area contributed by atoms with Crippen molar-refractivity contribution in [2.24, 2.45) is 5.90 Å². The molecule has 10 heavy (non-hydrogen) atoms. The van der Waals surface area contributed by atoms with Gasteiger partial charge in [0.2, 0.25) is 0 Å². The van der Waals surface area contributed by atoms with Gasteiger partial charge in [0.05, 0.1) is 6.20 Å². The van der Waals surface area contributed by atoms with Crippen LogP contribution in [0, 0.1) is 0 Å². The maximum absolute atomic E-state index is 4.64. The zero-order chi connectivity index (χ0) is 7.40. The Morgan fingerprint density at radius 1 is 1.50 bits per heavy atom. The summed E-state index contributed by atoms with van der Waals surface area (Å²) in [4.78, 5) is 12.2. The number of hydrogen-bond acceptors (Lipinski definition) is 4. The van der Waals surface area contributed by atoms with Crippen LogP contribution in [0.25, 0.3) is 0 Å². The van der Waals surface area contributed by atoms with Gasteiger partial charge in [0, 0.05) is 0 Å². The number of nitrogens with zero attached hydrogens (tertiary/aromatic N) is 1. The molecule has 54 valence electrons. The zero-order valence-corrected chi connectivity index (χ0v) is 6.54. The summed E-state index contributed by atoms with van der Waals surface area (Å²) in [6.45, 7) is 0. The Labute approximate surface area is 66.0 Å². The third-order valence-electron chi connectivity index (χ3n) is 0.845. The van der Waals surface area contributed by atoms with E-state index in [1.54, 1.807) is 12.1 Å². The van der Waals surface area contributed by atoms with Gasteiger partial charge in [0.15, 0.2) is 5.75 Å². The van der Waals surface area contributed by atoms with E-state index in [9.17, 15) is 0 Å². The average Bonchev–Trinajstić information content (AvgIpc) is 1.95. The summed E-state index contributed by atoms with van der Waals surface area (Å²) in [5.74, 6) is 5.10. The number of rotatable bonds is 2. The standard InChI is InChI=1S/C5H5BrN2O2/c6-5-2-1-4(3-8-5)9-10-7/h1-3H,7H2. The molecule has 1 heterocycles. The molecule has 4 nitrogen and oxygen atoms in total. The van der Waals surface area contributed by atoms with E-state index in [4.69, 9.17) is 0 Å². The van der Waals surface area contributed by atoms with Gasteiger partial charge in [0.25, 0.3) is 0 Å². The van der Waals surface area contributed by atoms with Crippen molar-refractivity contribution >= 4 is 15.9 Å². The van der Waals surface area contributed by atoms with E-state index in [0.717, 1.165) is 4.60 Å². The minimum absolute atomic E-state index is 0.464. The predicted molar refractivity (Wildman–Crippen MR) is 37.8 cm³/mol. The molecule has 0 amide bonds. The van der Waals surface area contributed by atoms with Crippen LogP contribution >= 0.6 is 15.9 Å². The molecule has 1 aromatic heterocycles. The molecule has 2 N–H and O–H groups in total. The second-order valence-electron chi connectivity index (χ2n) is 1.50. The van der Waals surface area contributed by atoms with Gasteiger partial charge >= 0.3 is 0 Å². The van der Waals surface area contributed by atoms with E-state index < -0.39 is 0 Å². The van der Waals surface area contributed by atoms with Gasteiger partial charge in [-0.15, -0.1) is 0 Å². The minimum atomic E-state index is 0.464. The first-order valence-electron chi connectivity index (χ1n) is 2.48. The highest BCUT2D eigenvalue weighted by atomic mass is 79.9. The fourth-order valence-electron chi connectivity index (χ4n) is 0.467. The molecule has 0 saturated heterocycles. The van der Waals surface area contributed by atoms with E-state index in [1.807, 2.05) is 0 Å². The molecule has 0 unspecified atom stereocenters. The number of halogens is 1. The SMILES string of the molecule is NOOc1ccc(Br)nc1. The second-order valence-corrected chi connectivity index (χ2v) is 2.31. The molecule has 5 heteroatoms. The van der Waals surface area contributed by atoms with Crippen LogP contribution in [0.3, 0.4) is 0 Å². The predicted octanol–water partition coefficient (Wildman–Crippen LogP) is 1.03. The van der Waals surface area contributed by atoms with Gasteiger partial charge in [-0.05, 0) is 28.1 Å². The molecule has 1 aromatic rings. The molecule has 0 bridgehead atoms. The summed E-state index contributed by atoms with van der Waals surface area (Å²) in [6.07, 6.45) is 1.48. The van der Waals surface area contributed by atoms with E-state index in [2.05, 4.69) is 36.7 Å². The van der Waals surface area contributed by atoms with Crippen LogP contribution in [0.15, 0.2) is 22.9 Å². The number of pyridine rings is 1. The topological polar surface area (TPSA) is 57.4 Å². The molecule has 0 aliphatic rings. The summed E-state index contributed by atoms with van der Waals surface area (Å²) < 4.78 is 0.733. The highest BCUT2D eigenvalue weighted by molar-refractivity contribution is 9.10. The lowest BCUT2D eigenvalue weighted by molar-refractivity contribution is -0.211. The Morgan fingerprint density at radius 3 is 2.80 bits per heavy atom. The van der Waals surface area contributed by atoms with Crippen LogP contribution in [0.4, 0.5) is 0 Å². The van der Waals surface area contributed by atoms with E-state index in [1.165, 1.54) is 6.20 Å². The smallest absolute Gasteiger partial charge is 0.185 e. The largest absolute Gasteiger partial charge is 0.318 e. The first kappa shape index (κ1) is 7.46. The maximum atomic E-state index is 4.64. The van der Waals surface area contributed by atoms with Crippen LogP contribution in [-0.2, 0) is 4.99 Å². The van der Waals surface area contributed by atoms with E-state index in [-0.39, 0.29) is 0 Å². The van der Waals surface area contributed by atoms with Gasteiger partial charge in [-0.3, -0.25) is 0 Å². The van der Waals surface area contributed by atoms with E-state index in [0.29, 0.717) is 5.75 Å². The molecular formula is C5H5BrN2O2. The molecule has 1 rings (SSSR count). The van der Waals surface area contributed by atoms with Gasteiger partial charge < -0.3 is 4.89 Å². The third-order valence-corrected chi connectivity index (χ3v) is 1.31. The number of nitrogens with two attached hydrogens (primary N) is 1. The highest BCUT2D eigenvalue weighted by Crippen LogP contribution is 2.11. The van der Waals surface area contributed by atoms with Gasteiger partial charge in [-0.2, -0.15) is 5.90 Å². The minimum Gasteiger partial charge on any atom is -0.318 e. The van der Waals surface area contributed by atoms with Crippen LogP contribution in [0.2, 0.25) is 0 Å². The number of aromatic nitrogens is 1. The third kappa shape index (κ3) is 1.94. The molecule has 0 aliphatic carbocycles. The lowest BCUT2D eigenvalue weighted by Crippen LogP contribution is -2.03. The van der Waals surface area contributed by atoms with Gasteiger partial charge in [-0.25, -0.2) is 4.98 Å². The van der Waals surface area contributed by atoms with Crippen LogP contribution in [0.1, 0.15) is 0 Å². The average molecular weight is 205 g/mol. The van der Waals surface area contributed by atoms with Crippen molar-refractivity contribution in [2.75, 3.05) is 0 Å². The Hall–Kier alpha value is -0.650. The molecule has 0 saturated carbocycles. The molecule has 0 radical (unpaired) electrons. The van der Waals surface area contributed by atoms with Crippen molar-refractivity contribution in [3.05, 3.63) is 22.9 Å². The molecule has 0 aliphatic heterocycles. The van der Waals surface area contributed by atoms with Crippen molar-refractivity contribution in [1.82, 2.24) is 4.98 Å². The van der Waals surface area contributed by atoms with Crippen molar-refractivity contribution in [3.63, 3.8) is 0 Å². The quantitative estimate of drug-likeness (QED) is 0.445. The summed E-state index contributed by atoms with van der Waals surface area (Å²) in [5, 5.41) is 0. The Morgan fingerprint density at radius 2 is 2.30 bits per heavy atom. The van der Waals surface area contributed by atoms with Crippen LogP contribution in [0.5, 0.6) is 5.75 Å². The first-order valence-corrected chi connectivity index (χ1v) is 3.27. The van der Waals surface area contributed by atoms with Crippen molar-refractivity contribution in [3.8, 4) is 5.75 Å². The molecule has 0 atom stereocenters. The summed E-state index contributed by atoms with van der Waals surface area (Å²) >= 11 is 3.16. The molecule has 0 aromatic carbocycles. The molecular weight excluding hydrogens is 200 g/mol. The molecule has 0 fully saturated rings. The summed E-state index contributed by atoms with van der Waals surface area (Å²) in [6, 6.07) is 3.39. The zero-order valence-electron chi connectivity index (χ0n) is 4.95. The van der Waals surface area contributed by atoms with Crippen molar-refractivity contribution in [1.29, 1.82) is 0 Å². The van der Waals surface area contributed by atoms with Crippen LogP contribution < -0.4 is 10.8 Å². The lowest BCUT2D eigenvalue weighted by Gasteiger charge is -1.96. The normalized spacial score (nSPS) is 9.40. The molecule has 0 spiro atoms. The van der Waals surface area contributed by atoms with Gasteiger partial charge in [-0.1, -0.05) is 4.99 Å². The number of hydrogen-bond donors (Lipinski definition) is 1. The Kier molecular flexibility index (Phi) is 2.61. The van der Waals surface area contributed by atoms with E-state index >= 15 is 0 Å². The monoisotopic (exact) mass is 204 g/mol. The van der Waals surface area contributed by atoms with Gasteiger partial charge in [0.1, 0.15) is 4.60 Å². The van der Waals surface area contributed by atoms with Crippen molar-refractivity contribution < 1.29 is 9.88 Å². The Bertz CT molecular complexity index is 201. The Balaban J connectivity index is 2.69. The summed E-state index contributed by atoms with van der Waals surface area (Å²) in [5.41, 5.74) is 0. The van der Waals surface area contributed by atoms with Crippen LogP contribution in [-0.4, -0.2) is 4.98 Å². The lowest BCUT2D eigenvalue weighted by atomic mass is 10.5. The summed E-state index contributed by atoms with van der Waals surface area (Å²) in [7, 11) is 0. The maximum Gasteiger partial charge on any atom is 0.185 e. The second kappa shape index (κ2) is 3.50. The highest BCUT2D eigenvalue weighted by Gasteiger charge is 1.92. The first-order chi connectivity index (χ1) is 4.83.